The zero-order valence-corrected chi connectivity index (χ0v) is 9.77. The van der Waals surface area contributed by atoms with Gasteiger partial charge >= 0.3 is 5.97 Å². The van der Waals surface area contributed by atoms with Gasteiger partial charge in [-0.2, -0.15) is 0 Å². The van der Waals surface area contributed by atoms with Crippen LogP contribution in [0.4, 0.5) is 8.78 Å². The summed E-state index contributed by atoms with van der Waals surface area (Å²) >= 11 is 8.41. The van der Waals surface area contributed by atoms with Crippen LogP contribution in [0.5, 0.6) is 0 Å². The number of esters is 1. The van der Waals surface area contributed by atoms with E-state index >= 15 is 0 Å². The maximum absolute atomic E-state index is 12.4. The molecule has 0 saturated carbocycles. The van der Waals surface area contributed by atoms with Crippen LogP contribution in [0.1, 0.15) is 22.5 Å². The summed E-state index contributed by atoms with van der Waals surface area (Å²) in [7, 11) is 1.16. The van der Waals surface area contributed by atoms with Crippen LogP contribution in [0.2, 0.25) is 5.15 Å². The molecular weight excluding hydrogens is 295 g/mol. The maximum atomic E-state index is 12.4. The van der Waals surface area contributed by atoms with Crippen LogP contribution in [0.15, 0.2) is 10.5 Å². The van der Waals surface area contributed by atoms with E-state index in [1.165, 1.54) is 0 Å². The van der Waals surface area contributed by atoms with E-state index in [1.807, 2.05) is 0 Å². The molecule has 0 radical (unpaired) electrons. The number of pyridine rings is 1. The second kappa shape index (κ2) is 4.85. The Balaban J connectivity index is 3.25. The highest BCUT2D eigenvalue weighted by molar-refractivity contribution is 9.10. The van der Waals surface area contributed by atoms with Gasteiger partial charge in [0.1, 0.15) is 5.15 Å². The Kier molecular flexibility index (Phi) is 3.98. The number of ether oxygens (including phenoxy) is 1. The summed E-state index contributed by atoms with van der Waals surface area (Å²) in [4.78, 5) is 14.6. The number of carbonyl (C=O) groups excluding carboxylic acids is 1. The van der Waals surface area contributed by atoms with Crippen molar-refractivity contribution < 1.29 is 18.3 Å². The molecule has 15 heavy (non-hydrogen) atoms. The predicted molar refractivity (Wildman–Crippen MR) is 53.2 cm³/mol. The Hall–Kier alpha value is -0.750. The summed E-state index contributed by atoms with van der Waals surface area (Å²) in [6.07, 6.45) is -2.74. The Morgan fingerprint density at radius 1 is 1.67 bits per heavy atom. The molecule has 0 N–H and O–H groups in total. The highest BCUT2D eigenvalue weighted by Gasteiger charge is 2.20. The summed E-state index contributed by atoms with van der Waals surface area (Å²) in [5.74, 6) is -0.746. The Morgan fingerprint density at radius 2 is 2.27 bits per heavy atom. The highest BCUT2D eigenvalue weighted by atomic mass is 79.9. The molecule has 0 bridgehead atoms. The fourth-order valence-electron chi connectivity index (χ4n) is 0.873. The van der Waals surface area contributed by atoms with E-state index in [2.05, 4.69) is 25.7 Å². The first-order valence-corrected chi connectivity index (χ1v) is 4.87. The topological polar surface area (TPSA) is 39.2 Å². The number of rotatable bonds is 2. The molecule has 7 heteroatoms. The van der Waals surface area contributed by atoms with Gasteiger partial charge in [0.25, 0.3) is 6.43 Å². The first-order valence-electron chi connectivity index (χ1n) is 3.69. The van der Waals surface area contributed by atoms with Gasteiger partial charge < -0.3 is 4.74 Å². The van der Waals surface area contributed by atoms with Crippen molar-refractivity contribution >= 4 is 33.5 Å². The van der Waals surface area contributed by atoms with Crippen LogP contribution in [0.3, 0.4) is 0 Å². The average Bonchev–Trinajstić information content (AvgIpc) is 2.19. The Bertz CT molecular complexity index is 400. The highest BCUT2D eigenvalue weighted by Crippen LogP contribution is 2.29. The minimum Gasteiger partial charge on any atom is -0.464 e. The van der Waals surface area contributed by atoms with Gasteiger partial charge in [-0.05, 0) is 22.0 Å². The molecule has 1 rings (SSSR count). The van der Waals surface area contributed by atoms with Gasteiger partial charge in [-0.15, -0.1) is 0 Å². The monoisotopic (exact) mass is 299 g/mol. The molecule has 0 aromatic carbocycles. The van der Waals surface area contributed by atoms with Crippen molar-refractivity contribution in [2.45, 2.75) is 6.43 Å². The molecule has 0 aliphatic heterocycles. The molecule has 0 saturated heterocycles. The van der Waals surface area contributed by atoms with E-state index < -0.39 is 23.1 Å². The van der Waals surface area contributed by atoms with Crippen molar-refractivity contribution in [2.24, 2.45) is 0 Å². The Labute approximate surface area is 97.5 Å². The lowest BCUT2D eigenvalue weighted by Gasteiger charge is -2.06. The predicted octanol–water partition coefficient (Wildman–Crippen LogP) is 3.22. The van der Waals surface area contributed by atoms with Crippen LogP contribution < -0.4 is 0 Å². The molecule has 0 unspecified atom stereocenters. The molecule has 0 atom stereocenters. The lowest BCUT2D eigenvalue weighted by molar-refractivity contribution is 0.0592. The van der Waals surface area contributed by atoms with E-state index in [1.54, 1.807) is 0 Å². The van der Waals surface area contributed by atoms with Crippen molar-refractivity contribution in [1.82, 2.24) is 4.98 Å². The van der Waals surface area contributed by atoms with Crippen LogP contribution in [-0.4, -0.2) is 18.1 Å². The summed E-state index contributed by atoms with van der Waals surface area (Å²) in [6, 6.07) is 1.05. The van der Waals surface area contributed by atoms with Gasteiger partial charge in [-0.3, -0.25) is 0 Å². The Morgan fingerprint density at radius 3 is 2.73 bits per heavy atom. The zero-order valence-electron chi connectivity index (χ0n) is 7.43. The van der Waals surface area contributed by atoms with E-state index in [4.69, 9.17) is 11.6 Å². The quantitative estimate of drug-likeness (QED) is 0.622. The number of hydrogen-bond donors (Lipinski definition) is 0. The lowest BCUT2D eigenvalue weighted by atomic mass is 10.2. The summed E-state index contributed by atoms with van der Waals surface area (Å²) in [5, 5.41) is -0.409. The van der Waals surface area contributed by atoms with Crippen molar-refractivity contribution in [1.29, 1.82) is 0 Å². The standard InChI is InChI=1S/C8H5BrClF2NO2/c1-15-8(14)5-4(9)2-3(7(11)12)6(10)13-5/h2,7H,1H3. The van der Waals surface area contributed by atoms with Gasteiger partial charge in [-0.1, -0.05) is 11.6 Å². The second-order valence-electron chi connectivity index (χ2n) is 2.49. The van der Waals surface area contributed by atoms with E-state index in [0.717, 1.165) is 13.2 Å². The number of hydrogen-bond acceptors (Lipinski definition) is 3. The van der Waals surface area contributed by atoms with Crippen molar-refractivity contribution in [3.8, 4) is 0 Å². The number of aromatic nitrogens is 1. The first-order chi connectivity index (χ1) is 6.97. The second-order valence-corrected chi connectivity index (χ2v) is 3.70. The largest absolute Gasteiger partial charge is 0.464 e. The van der Waals surface area contributed by atoms with Crippen LogP contribution in [-0.2, 0) is 4.74 Å². The molecule has 82 valence electrons. The molecule has 0 aliphatic rings. The van der Waals surface area contributed by atoms with Crippen molar-refractivity contribution in [2.75, 3.05) is 7.11 Å². The third kappa shape index (κ3) is 2.63. The SMILES string of the molecule is COC(=O)c1nc(Cl)c(C(F)F)cc1Br. The number of carbonyl (C=O) groups is 1. The maximum Gasteiger partial charge on any atom is 0.357 e. The summed E-state index contributed by atoms with van der Waals surface area (Å²) in [5.41, 5.74) is -0.567. The van der Waals surface area contributed by atoms with Crippen LogP contribution >= 0.6 is 27.5 Å². The van der Waals surface area contributed by atoms with Gasteiger partial charge in [-0.25, -0.2) is 18.6 Å². The van der Waals surface area contributed by atoms with Crippen molar-refractivity contribution in [3.63, 3.8) is 0 Å². The van der Waals surface area contributed by atoms with Gasteiger partial charge in [0.15, 0.2) is 5.69 Å². The molecule has 0 spiro atoms. The van der Waals surface area contributed by atoms with Gasteiger partial charge in [0.05, 0.1) is 17.1 Å². The molecule has 0 aliphatic carbocycles. The lowest BCUT2D eigenvalue weighted by Crippen LogP contribution is -2.07. The average molecular weight is 300 g/mol. The molecular formula is C8H5BrClF2NO2. The molecule has 1 heterocycles. The molecule has 1 aromatic heterocycles. The molecule has 0 fully saturated rings. The van der Waals surface area contributed by atoms with E-state index in [9.17, 15) is 13.6 Å². The number of methoxy groups -OCH3 is 1. The fraction of sp³-hybridized carbons (Fsp3) is 0.250. The molecule has 1 aromatic rings. The number of alkyl halides is 2. The molecule has 3 nitrogen and oxygen atoms in total. The molecule has 0 amide bonds. The third-order valence-corrected chi connectivity index (χ3v) is 2.48. The minimum atomic E-state index is -2.74. The fourth-order valence-corrected chi connectivity index (χ4v) is 1.59. The minimum absolute atomic E-state index is 0.119. The third-order valence-electron chi connectivity index (χ3n) is 1.57. The zero-order chi connectivity index (χ0) is 11.6. The van der Waals surface area contributed by atoms with Crippen molar-refractivity contribution in [3.05, 3.63) is 26.9 Å². The number of halogens is 4. The summed E-state index contributed by atoms with van der Waals surface area (Å²) < 4.78 is 29.2. The van der Waals surface area contributed by atoms with E-state index in [0.29, 0.717) is 0 Å². The first kappa shape index (κ1) is 12.3. The van der Waals surface area contributed by atoms with Gasteiger partial charge in [0, 0.05) is 0 Å². The van der Waals surface area contributed by atoms with E-state index in [-0.39, 0.29) is 10.2 Å². The number of nitrogens with zero attached hydrogens (tertiary/aromatic N) is 1. The normalized spacial score (nSPS) is 10.5. The van der Waals surface area contributed by atoms with Gasteiger partial charge in [0.2, 0.25) is 0 Å². The van der Waals surface area contributed by atoms with Crippen LogP contribution in [0.25, 0.3) is 0 Å². The summed E-state index contributed by atoms with van der Waals surface area (Å²) in [6.45, 7) is 0. The van der Waals surface area contributed by atoms with Crippen LogP contribution in [0, 0.1) is 0 Å². The smallest absolute Gasteiger partial charge is 0.357 e.